The largest absolute Gasteiger partial charge is 0.338 e. The summed E-state index contributed by atoms with van der Waals surface area (Å²) in [4.78, 5) is 18.0. The van der Waals surface area contributed by atoms with E-state index in [9.17, 15) is 4.79 Å². The molecule has 1 aliphatic heterocycles. The second kappa shape index (κ2) is 9.54. The molecule has 0 radical (unpaired) electrons. The predicted octanol–water partition coefficient (Wildman–Crippen LogP) is 4.33. The van der Waals surface area contributed by atoms with Crippen LogP contribution in [-0.4, -0.2) is 39.9 Å². The van der Waals surface area contributed by atoms with Crippen LogP contribution in [0.3, 0.4) is 0 Å². The summed E-state index contributed by atoms with van der Waals surface area (Å²) >= 11 is 0. The molecule has 0 bridgehead atoms. The Morgan fingerprint density at radius 1 is 1.31 bits per heavy atom. The fourth-order valence-electron chi connectivity index (χ4n) is 3.76. The molecule has 1 aromatic heterocycles. The van der Waals surface area contributed by atoms with E-state index in [0.29, 0.717) is 6.54 Å². The van der Waals surface area contributed by atoms with Crippen molar-refractivity contribution < 1.29 is 4.79 Å². The average Bonchev–Trinajstić information content (AvgIpc) is 3.07. The van der Waals surface area contributed by atoms with E-state index in [1.807, 2.05) is 29.2 Å². The smallest absolute Gasteiger partial charge is 0.219 e. The van der Waals surface area contributed by atoms with Crippen molar-refractivity contribution >= 4 is 23.1 Å². The quantitative estimate of drug-likeness (QED) is 0.536. The lowest BCUT2D eigenvalue weighted by atomic mass is 10.1. The summed E-state index contributed by atoms with van der Waals surface area (Å²) in [5.74, 6) is 0.962. The van der Waals surface area contributed by atoms with Crippen molar-refractivity contribution in [1.82, 2.24) is 14.7 Å². The van der Waals surface area contributed by atoms with Crippen LogP contribution in [0.15, 0.2) is 41.9 Å². The minimum Gasteiger partial charge on any atom is -0.338 e. The fourth-order valence-corrected chi connectivity index (χ4v) is 3.76. The lowest BCUT2D eigenvalue weighted by molar-refractivity contribution is -0.129. The Bertz CT molecular complexity index is 895. The zero-order chi connectivity index (χ0) is 20.8. The molecule has 0 spiro atoms. The number of fused-ring (bicyclic) bond motifs is 1. The molecule has 29 heavy (non-hydrogen) atoms. The summed E-state index contributed by atoms with van der Waals surface area (Å²) in [7, 11) is 1.77. The molecule has 0 atom stereocenters. The highest BCUT2D eigenvalue weighted by molar-refractivity contribution is 6.08. The van der Waals surface area contributed by atoms with Gasteiger partial charge in [-0.1, -0.05) is 38.5 Å². The Morgan fingerprint density at radius 3 is 2.69 bits per heavy atom. The summed E-state index contributed by atoms with van der Waals surface area (Å²) in [5, 5.41) is 8.34. The van der Waals surface area contributed by atoms with Crippen molar-refractivity contribution in [2.24, 2.45) is 4.99 Å². The van der Waals surface area contributed by atoms with Crippen LogP contribution >= 0.6 is 0 Å². The van der Waals surface area contributed by atoms with Gasteiger partial charge in [-0.3, -0.25) is 14.5 Å². The second-order valence-electron chi connectivity index (χ2n) is 7.41. The van der Waals surface area contributed by atoms with Crippen molar-refractivity contribution in [2.75, 3.05) is 18.9 Å². The average molecular weight is 394 g/mol. The molecule has 1 amide bonds. The van der Waals surface area contributed by atoms with E-state index >= 15 is 0 Å². The first-order valence-electron chi connectivity index (χ1n) is 10.4. The molecule has 0 unspecified atom stereocenters. The lowest BCUT2D eigenvalue weighted by Crippen LogP contribution is -2.34. The van der Waals surface area contributed by atoms with Crippen molar-refractivity contribution in [1.29, 1.82) is 0 Å². The number of carbonyl (C=O) groups excluding carboxylic acids is 1. The van der Waals surface area contributed by atoms with Crippen molar-refractivity contribution in [3.63, 3.8) is 0 Å². The van der Waals surface area contributed by atoms with Gasteiger partial charge >= 0.3 is 0 Å². The van der Waals surface area contributed by atoms with Gasteiger partial charge in [-0.25, -0.2) is 0 Å². The Labute approximate surface area is 173 Å². The van der Waals surface area contributed by atoms with Crippen molar-refractivity contribution in [3.8, 4) is 0 Å². The number of unbranched alkanes of at least 4 members (excludes halogenated alkanes) is 2. The number of anilines is 2. The summed E-state index contributed by atoms with van der Waals surface area (Å²) in [6.07, 6.45) is 6.11. The normalized spacial score (nSPS) is 13.9. The number of hydrogen-bond acceptors (Lipinski definition) is 4. The van der Waals surface area contributed by atoms with Crippen LogP contribution in [-0.2, 0) is 24.3 Å². The van der Waals surface area contributed by atoms with Gasteiger partial charge in [0, 0.05) is 50.4 Å². The molecule has 154 valence electrons. The van der Waals surface area contributed by atoms with Gasteiger partial charge < -0.3 is 10.2 Å². The van der Waals surface area contributed by atoms with E-state index in [4.69, 9.17) is 5.10 Å². The van der Waals surface area contributed by atoms with Gasteiger partial charge in [0.15, 0.2) is 5.82 Å². The van der Waals surface area contributed by atoms with Gasteiger partial charge in [-0.05, 0) is 30.2 Å². The van der Waals surface area contributed by atoms with Crippen molar-refractivity contribution in [2.45, 2.75) is 52.6 Å². The zero-order valence-electron chi connectivity index (χ0n) is 17.7. The Morgan fingerprint density at radius 2 is 2.07 bits per heavy atom. The molecule has 1 N–H and O–H groups in total. The summed E-state index contributed by atoms with van der Waals surface area (Å²) in [6.45, 7) is 9.95. The van der Waals surface area contributed by atoms with Gasteiger partial charge in [0.1, 0.15) is 0 Å². The second-order valence-corrected chi connectivity index (χ2v) is 7.41. The summed E-state index contributed by atoms with van der Waals surface area (Å²) in [6, 6.07) is 8.11. The SMILES string of the molecule is C=C/C(=N\C)c1ccc(Nc2nn(CCCCC)c3c2CN(C(C)=O)CC3)cc1. The number of nitrogens with zero attached hydrogens (tertiary/aromatic N) is 4. The zero-order valence-corrected chi connectivity index (χ0v) is 17.7. The molecule has 2 aromatic rings. The van der Waals surface area contributed by atoms with E-state index in [2.05, 4.69) is 28.5 Å². The molecular formula is C23H31N5O. The van der Waals surface area contributed by atoms with Gasteiger partial charge in [-0.2, -0.15) is 5.10 Å². The number of hydrogen-bond donors (Lipinski definition) is 1. The van der Waals surface area contributed by atoms with Crippen LogP contribution in [0.4, 0.5) is 11.5 Å². The number of aliphatic imine (C=N–C) groups is 1. The van der Waals surface area contributed by atoms with Crippen LogP contribution in [0.25, 0.3) is 0 Å². The van der Waals surface area contributed by atoms with E-state index in [1.54, 1.807) is 20.0 Å². The lowest BCUT2D eigenvalue weighted by Gasteiger charge is -2.26. The van der Waals surface area contributed by atoms with E-state index in [0.717, 1.165) is 54.3 Å². The van der Waals surface area contributed by atoms with Crippen LogP contribution in [0.5, 0.6) is 0 Å². The Balaban J connectivity index is 1.86. The van der Waals surface area contributed by atoms with Crippen LogP contribution < -0.4 is 5.32 Å². The number of rotatable bonds is 8. The Kier molecular flexibility index (Phi) is 6.86. The fraction of sp³-hybridized carbons (Fsp3) is 0.435. The third-order valence-electron chi connectivity index (χ3n) is 5.43. The minimum atomic E-state index is 0.112. The van der Waals surface area contributed by atoms with Crippen LogP contribution in [0.1, 0.15) is 49.9 Å². The molecule has 0 fully saturated rings. The highest BCUT2D eigenvalue weighted by Crippen LogP contribution is 2.29. The van der Waals surface area contributed by atoms with E-state index < -0.39 is 0 Å². The third-order valence-corrected chi connectivity index (χ3v) is 5.43. The number of carbonyl (C=O) groups is 1. The standard InChI is InChI=1S/C23H31N5O/c1-5-7-8-14-28-22-13-15-27(17(3)29)16-20(22)23(26-28)25-19-11-9-18(10-12-19)21(6-2)24-4/h6,9-12H,2,5,7-8,13-16H2,1,3-4H3,(H,25,26)/b24-21+. The minimum absolute atomic E-state index is 0.112. The van der Waals surface area contributed by atoms with Crippen LogP contribution in [0, 0.1) is 0 Å². The molecule has 6 heteroatoms. The highest BCUT2D eigenvalue weighted by Gasteiger charge is 2.26. The monoisotopic (exact) mass is 393 g/mol. The van der Waals surface area contributed by atoms with E-state index in [1.165, 1.54) is 18.5 Å². The topological polar surface area (TPSA) is 62.5 Å². The predicted molar refractivity (Wildman–Crippen MR) is 119 cm³/mol. The maximum Gasteiger partial charge on any atom is 0.219 e. The number of nitrogens with one attached hydrogen (secondary N) is 1. The summed E-state index contributed by atoms with van der Waals surface area (Å²) in [5.41, 5.74) is 5.25. The van der Waals surface area contributed by atoms with Gasteiger partial charge in [0.25, 0.3) is 0 Å². The first-order valence-corrected chi connectivity index (χ1v) is 10.4. The van der Waals surface area contributed by atoms with Crippen LogP contribution in [0.2, 0.25) is 0 Å². The van der Waals surface area contributed by atoms with Gasteiger partial charge in [-0.15, -0.1) is 0 Å². The number of aryl methyl sites for hydroxylation is 1. The summed E-state index contributed by atoms with van der Waals surface area (Å²) < 4.78 is 2.14. The maximum absolute atomic E-state index is 11.9. The molecule has 0 saturated carbocycles. The first-order chi connectivity index (χ1) is 14.1. The number of allylic oxidation sites excluding steroid dienone is 1. The molecule has 2 heterocycles. The number of amides is 1. The van der Waals surface area contributed by atoms with Crippen molar-refractivity contribution in [3.05, 3.63) is 53.7 Å². The molecule has 6 nitrogen and oxygen atoms in total. The maximum atomic E-state index is 11.9. The van der Waals surface area contributed by atoms with Gasteiger partial charge in [0.05, 0.1) is 12.3 Å². The van der Waals surface area contributed by atoms with Gasteiger partial charge in [0.2, 0.25) is 5.91 Å². The highest BCUT2D eigenvalue weighted by atomic mass is 16.2. The first kappa shape index (κ1) is 20.8. The van der Waals surface area contributed by atoms with E-state index in [-0.39, 0.29) is 5.91 Å². The molecule has 1 aromatic carbocycles. The number of benzene rings is 1. The molecule has 1 aliphatic rings. The molecule has 0 saturated heterocycles. The third kappa shape index (κ3) is 4.75. The number of aromatic nitrogens is 2. The Hall–Kier alpha value is -2.89. The molecule has 3 rings (SSSR count). The molecular weight excluding hydrogens is 362 g/mol. The molecule has 0 aliphatic carbocycles.